The van der Waals surface area contributed by atoms with E-state index in [0.717, 1.165) is 24.1 Å². The first-order valence-electron chi connectivity index (χ1n) is 7.98. The van der Waals surface area contributed by atoms with E-state index in [4.69, 9.17) is 4.98 Å². The molecule has 2 amide bonds. The Kier molecular flexibility index (Phi) is 3.45. The summed E-state index contributed by atoms with van der Waals surface area (Å²) in [5, 5.41) is 5.02. The van der Waals surface area contributed by atoms with E-state index in [-0.39, 0.29) is 24.2 Å². The van der Waals surface area contributed by atoms with Crippen molar-refractivity contribution in [1.82, 2.24) is 19.7 Å². The first kappa shape index (κ1) is 15.3. The molecule has 2 aromatic heterocycles. The van der Waals surface area contributed by atoms with Crippen molar-refractivity contribution in [2.75, 3.05) is 25.5 Å². The third-order valence-corrected chi connectivity index (χ3v) is 6.09. The topological polar surface area (TPSA) is 71.3 Å². The van der Waals surface area contributed by atoms with Gasteiger partial charge in [0.2, 0.25) is 11.8 Å². The average Bonchev–Trinajstić information content (AvgIpc) is 3.24. The van der Waals surface area contributed by atoms with Crippen molar-refractivity contribution in [1.29, 1.82) is 0 Å². The van der Waals surface area contributed by atoms with Crippen LogP contribution in [0.2, 0.25) is 0 Å². The van der Waals surface area contributed by atoms with Crippen LogP contribution >= 0.6 is 11.3 Å². The number of aromatic nitrogens is 3. The predicted octanol–water partition coefficient (Wildman–Crippen LogP) is 1.08. The van der Waals surface area contributed by atoms with Gasteiger partial charge in [-0.1, -0.05) is 0 Å². The third-order valence-electron chi connectivity index (χ3n) is 4.90. The number of fused-ring (bicyclic) bond motifs is 3. The lowest BCUT2D eigenvalue weighted by Crippen LogP contribution is -2.34. The summed E-state index contributed by atoms with van der Waals surface area (Å²) < 4.78 is 1.89. The van der Waals surface area contributed by atoms with Gasteiger partial charge in [-0.25, -0.2) is 4.98 Å². The minimum atomic E-state index is -0.276. The number of aryl methyl sites for hydroxylation is 2. The molecular weight excluding hydrogens is 326 g/mol. The fourth-order valence-corrected chi connectivity index (χ4v) is 4.49. The van der Waals surface area contributed by atoms with Crippen molar-refractivity contribution >= 4 is 28.3 Å². The molecule has 1 fully saturated rings. The Hall–Kier alpha value is -2.22. The maximum absolute atomic E-state index is 12.7. The molecule has 1 atom stereocenters. The van der Waals surface area contributed by atoms with E-state index in [1.165, 1.54) is 10.6 Å². The van der Waals surface area contributed by atoms with Crippen LogP contribution in [0.5, 0.6) is 0 Å². The van der Waals surface area contributed by atoms with Gasteiger partial charge >= 0.3 is 0 Å². The highest BCUT2D eigenvalue weighted by Gasteiger charge is 2.35. The third kappa shape index (κ3) is 2.24. The van der Waals surface area contributed by atoms with Crippen molar-refractivity contribution in [3.63, 3.8) is 0 Å². The molecule has 126 valence electrons. The number of anilines is 1. The Balaban J connectivity index is 1.61. The van der Waals surface area contributed by atoms with Crippen LogP contribution < -0.4 is 4.90 Å². The van der Waals surface area contributed by atoms with Crippen LogP contribution in [-0.2, 0) is 29.5 Å². The van der Waals surface area contributed by atoms with E-state index < -0.39 is 0 Å². The molecule has 8 heteroatoms. The van der Waals surface area contributed by atoms with Gasteiger partial charge in [0.05, 0.1) is 17.8 Å². The van der Waals surface area contributed by atoms with E-state index in [1.807, 2.05) is 17.9 Å². The summed E-state index contributed by atoms with van der Waals surface area (Å²) in [5.74, 6) is -0.284. The Bertz CT molecular complexity index is 840. The molecule has 1 unspecified atom stereocenters. The lowest BCUT2D eigenvalue weighted by atomic mass is 10.0. The quantitative estimate of drug-likeness (QED) is 0.817. The number of thiazole rings is 1. The lowest BCUT2D eigenvalue weighted by Gasteiger charge is -2.17. The van der Waals surface area contributed by atoms with Gasteiger partial charge < -0.3 is 4.90 Å². The monoisotopic (exact) mass is 345 g/mol. The number of hydrogen-bond donors (Lipinski definition) is 0. The zero-order valence-corrected chi connectivity index (χ0v) is 14.8. The summed E-state index contributed by atoms with van der Waals surface area (Å²) in [6.45, 7) is 0.486. The molecule has 3 heterocycles. The summed E-state index contributed by atoms with van der Waals surface area (Å²) in [7, 11) is 5.43. The van der Waals surface area contributed by atoms with E-state index in [0.29, 0.717) is 11.7 Å². The SMILES string of the molecule is CN1CC(C(=O)N(C)c2nc3c(s2)CCc2c-3cnn2C)CC1=O. The summed E-state index contributed by atoms with van der Waals surface area (Å²) in [5.41, 5.74) is 3.21. The van der Waals surface area contributed by atoms with Crippen LogP contribution in [0.25, 0.3) is 11.3 Å². The zero-order valence-electron chi connectivity index (χ0n) is 13.9. The summed E-state index contributed by atoms with van der Waals surface area (Å²) in [6, 6.07) is 0. The maximum Gasteiger partial charge on any atom is 0.233 e. The van der Waals surface area contributed by atoms with E-state index >= 15 is 0 Å². The van der Waals surface area contributed by atoms with Gasteiger partial charge in [0.15, 0.2) is 5.13 Å². The molecule has 2 aliphatic rings. The summed E-state index contributed by atoms with van der Waals surface area (Å²) >= 11 is 1.56. The Morgan fingerprint density at radius 3 is 2.88 bits per heavy atom. The number of likely N-dealkylation sites (tertiary alicyclic amines) is 1. The number of amides is 2. The van der Waals surface area contributed by atoms with Crippen molar-refractivity contribution in [2.45, 2.75) is 19.3 Å². The highest BCUT2D eigenvalue weighted by atomic mass is 32.1. The second-order valence-corrected chi connectivity index (χ2v) is 7.53. The fraction of sp³-hybridized carbons (Fsp3) is 0.500. The van der Waals surface area contributed by atoms with Crippen molar-refractivity contribution in [3.8, 4) is 11.3 Å². The van der Waals surface area contributed by atoms with Gasteiger partial charge in [-0.15, -0.1) is 11.3 Å². The number of nitrogens with zero attached hydrogens (tertiary/aromatic N) is 5. The second kappa shape index (κ2) is 5.41. The van der Waals surface area contributed by atoms with Crippen LogP contribution in [0.3, 0.4) is 0 Å². The first-order chi connectivity index (χ1) is 11.5. The molecular formula is C16H19N5O2S. The number of carbonyl (C=O) groups is 2. The largest absolute Gasteiger partial charge is 0.345 e. The van der Waals surface area contributed by atoms with Crippen LogP contribution in [-0.4, -0.2) is 52.1 Å². The smallest absolute Gasteiger partial charge is 0.233 e. The van der Waals surface area contributed by atoms with Crippen LogP contribution in [0.15, 0.2) is 6.20 Å². The van der Waals surface area contributed by atoms with Gasteiger partial charge in [-0.05, 0) is 12.8 Å². The number of hydrogen-bond acceptors (Lipinski definition) is 5. The first-order valence-corrected chi connectivity index (χ1v) is 8.80. The van der Waals surface area contributed by atoms with Gasteiger partial charge in [-0.2, -0.15) is 5.10 Å². The molecule has 1 saturated heterocycles. The minimum Gasteiger partial charge on any atom is -0.345 e. The highest BCUT2D eigenvalue weighted by molar-refractivity contribution is 7.16. The molecule has 0 bridgehead atoms. The molecule has 0 saturated carbocycles. The molecule has 2 aromatic rings. The van der Waals surface area contributed by atoms with Crippen molar-refractivity contribution < 1.29 is 9.59 Å². The van der Waals surface area contributed by atoms with Gasteiger partial charge in [0.25, 0.3) is 0 Å². The second-order valence-electron chi connectivity index (χ2n) is 6.47. The Labute approximate surface area is 143 Å². The fourth-order valence-electron chi connectivity index (χ4n) is 3.45. The maximum atomic E-state index is 12.7. The average molecular weight is 345 g/mol. The van der Waals surface area contributed by atoms with E-state index in [1.54, 1.807) is 35.2 Å². The molecule has 4 rings (SSSR count). The molecule has 1 aliphatic heterocycles. The molecule has 0 radical (unpaired) electrons. The van der Waals surface area contributed by atoms with Crippen molar-refractivity contribution in [3.05, 3.63) is 16.8 Å². The molecule has 24 heavy (non-hydrogen) atoms. The van der Waals surface area contributed by atoms with Crippen molar-refractivity contribution in [2.24, 2.45) is 13.0 Å². The minimum absolute atomic E-state index is 0.0279. The standard InChI is InChI=1S/C16H19N5O2S/c1-19-8-9(6-13(19)22)15(23)20(2)16-18-14-10-7-17-21(3)11(10)4-5-12(14)24-16/h7,9H,4-6,8H2,1-3H3. The van der Waals surface area contributed by atoms with E-state index in [2.05, 4.69) is 5.10 Å². The number of rotatable bonds is 2. The van der Waals surface area contributed by atoms with Crippen LogP contribution in [0, 0.1) is 5.92 Å². The lowest BCUT2D eigenvalue weighted by molar-refractivity contribution is -0.127. The molecule has 0 N–H and O–H groups in total. The molecule has 1 aliphatic carbocycles. The van der Waals surface area contributed by atoms with E-state index in [9.17, 15) is 9.59 Å². The van der Waals surface area contributed by atoms with Crippen LogP contribution in [0.1, 0.15) is 17.0 Å². The predicted molar refractivity (Wildman–Crippen MR) is 90.9 cm³/mol. The Morgan fingerprint density at radius 2 is 2.17 bits per heavy atom. The normalized spacial score (nSPS) is 19.4. The number of carbonyl (C=O) groups excluding carboxylic acids is 2. The van der Waals surface area contributed by atoms with Gasteiger partial charge in [-0.3, -0.25) is 19.2 Å². The Morgan fingerprint density at radius 1 is 1.38 bits per heavy atom. The molecule has 0 spiro atoms. The summed E-state index contributed by atoms with van der Waals surface area (Å²) in [6.07, 6.45) is 4.01. The molecule has 7 nitrogen and oxygen atoms in total. The summed E-state index contributed by atoms with van der Waals surface area (Å²) in [4.78, 5) is 33.5. The van der Waals surface area contributed by atoms with Crippen LogP contribution in [0.4, 0.5) is 5.13 Å². The van der Waals surface area contributed by atoms with Gasteiger partial charge in [0, 0.05) is 50.2 Å². The molecule has 0 aromatic carbocycles. The van der Waals surface area contributed by atoms with Gasteiger partial charge in [0.1, 0.15) is 0 Å². The zero-order chi connectivity index (χ0) is 17.0. The highest BCUT2D eigenvalue weighted by Crippen LogP contribution is 2.39.